The van der Waals surface area contributed by atoms with Crippen molar-refractivity contribution in [2.75, 3.05) is 51.3 Å². The minimum Gasteiger partial charge on any atom is -0.478 e. The summed E-state index contributed by atoms with van der Waals surface area (Å²) in [7, 11) is 1.79. The van der Waals surface area contributed by atoms with E-state index in [4.69, 9.17) is 4.74 Å². The highest BCUT2D eigenvalue weighted by Crippen LogP contribution is 2.21. The van der Waals surface area contributed by atoms with Crippen molar-refractivity contribution in [2.24, 2.45) is 5.92 Å². The quantitative estimate of drug-likeness (QED) is 0.784. The van der Waals surface area contributed by atoms with Crippen LogP contribution in [0.25, 0.3) is 0 Å². The summed E-state index contributed by atoms with van der Waals surface area (Å²) in [5.41, 5.74) is 0. The molecule has 25 heavy (non-hydrogen) atoms. The topological polar surface area (TPSA) is 78.9 Å². The lowest BCUT2D eigenvalue weighted by Gasteiger charge is -2.37. The zero-order valence-corrected chi connectivity index (χ0v) is 14.8. The minimum atomic E-state index is -0.173. The molecule has 1 aromatic heterocycles. The lowest BCUT2D eigenvalue weighted by atomic mass is 9.94. The third kappa shape index (κ3) is 4.00. The molecule has 3 heterocycles. The van der Waals surface area contributed by atoms with Gasteiger partial charge >= 0.3 is 0 Å². The molecule has 0 aliphatic carbocycles. The van der Waals surface area contributed by atoms with Crippen molar-refractivity contribution in [2.45, 2.75) is 19.8 Å². The third-order valence-electron chi connectivity index (χ3n) is 4.79. The summed E-state index contributed by atoms with van der Waals surface area (Å²) in [4.78, 5) is 38.8. The Morgan fingerprint density at radius 3 is 2.72 bits per heavy atom. The van der Waals surface area contributed by atoms with Crippen LogP contribution in [0.2, 0.25) is 0 Å². The first-order chi connectivity index (χ1) is 12.1. The highest BCUT2D eigenvalue weighted by atomic mass is 16.5. The summed E-state index contributed by atoms with van der Waals surface area (Å²) < 4.78 is 5.42. The molecule has 0 spiro atoms. The van der Waals surface area contributed by atoms with Gasteiger partial charge in [-0.15, -0.1) is 0 Å². The molecule has 2 saturated heterocycles. The van der Waals surface area contributed by atoms with Gasteiger partial charge in [0.15, 0.2) is 0 Å². The Morgan fingerprint density at radius 1 is 1.28 bits per heavy atom. The van der Waals surface area contributed by atoms with Crippen LogP contribution in [0.1, 0.15) is 19.8 Å². The molecule has 0 saturated carbocycles. The maximum Gasteiger partial charge on any atom is 0.228 e. The van der Waals surface area contributed by atoms with Crippen molar-refractivity contribution in [1.29, 1.82) is 0 Å². The number of amides is 2. The fraction of sp³-hybridized carbons (Fsp3) is 0.647. The Hall–Kier alpha value is -2.38. The van der Waals surface area contributed by atoms with Crippen LogP contribution in [0.5, 0.6) is 5.88 Å². The molecular formula is C17H25N5O3. The Morgan fingerprint density at radius 2 is 2.04 bits per heavy atom. The zero-order valence-electron chi connectivity index (χ0n) is 14.8. The number of likely N-dealkylation sites (tertiary alicyclic amines) is 1. The molecule has 136 valence electrons. The van der Waals surface area contributed by atoms with Gasteiger partial charge in [0.2, 0.25) is 23.6 Å². The summed E-state index contributed by atoms with van der Waals surface area (Å²) in [6, 6.07) is 1.74. The first-order valence-electron chi connectivity index (χ1n) is 8.82. The number of rotatable bonds is 4. The van der Waals surface area contributed by atoms with Crippen molar-refractivity contribution in [3.8, 4) is 5.88 Å². The van der Waals surface area contributed by atoms with E-state index in [0.717, 1.165) is 6.42 Å². The van der Waals surface area contributed by atoms with Crippen LogP contribution in [0.4, 0.5) is 5.95 Å². The number of piperidine rings is 1. The standard InChI is InChI=1S/C17H25N5O3/c1-3-25-14-4-6-18-17(19-14)22-10-8-21(9-11-22)16(24)13-5-7-20(2)15(23)12-13/h4,6,13H,3,5,7-12H2,1-2H3/t13-/m1/s1. The first kappa shape index (κ1) is 17.4. The average Bonchev–Trinajstić information content (AvgIpc) is 2.64. The Balaban J connectivity index is 1.55. The first-order valence-corrected chi connectivity index (χ1v) is 8.82. The predicted octanol–water partition coefficient (Wildman–Crippen LogP) is 0.392. The minimum absolute atomic E-state index is 0.0596. The van der Waals surface area contributed by atoms with Gasteiger partial charge in [-0.1, -0.05) is 0 Å². The SMILES string of the molecule is CCOc1ccnc(N2CCN(C(=O)[C@@H]3CCN(C)C(=O)C3)CC2)n1. The van der Waals surface area contributed by atoms with Gasteiger partial charge < -0.3 is 19.4 Å². The van der Waals surface area contributed by atoms with Crippen LogP contribution in [0.15, 0.2) is 12.3 Å². The van der Waals surface area contributed by atoms with Crippen LogP contribution in [-0.2, 0) is 9.59 Å². The van der Waals surface area contributed by atoms with Gasteiger partial charge in [-0.2, -0.15) is 4.98 Å². The summed E-state index contributed by atoms with van der Waals surface area (Å²) in [6.07, 6.45) is 2.77. The van der Waals surface area contributed by atoms with Crippen molar-refractivity contribution in [3.63, 3.8) is 0 Å². The maximum atomic E-state index is 12.7. The van der Waals surface area contributed by atoms with E-state index in [1.807, 2.05) is 11.8 Å². The molecule has 1 aromatic rings. The normalized spacial score (nSPS) is 21.4. The molecule has 8 nitrogen and oxygen atoms in total. The third-order valence-corrected chi connectivity index (χ3v) is 4.79. The number of nitrogens with zero attached hydrogens (tertiary/aromatic N) is 5. The van der Waals surface area contributed by atoms with E-state index in [0.29, 0.717) is 57.6 Å². The number of carbonyl (C=O) groups excluding carboxylic acids is 2. The molecule has 3 rings (SSSR count). The molecule has 2 aliphatic heterocycles. The second-order valence-electron chi connectivity index (χ2n) is 6.45. The van der Waals surface area contributed by atoms with Crippen molar-refractivity contribution < 1.29 is 14.3 Å². The number of piperazine rings is 1. The van der Waals surface area contributed by atoms with Gasteiger partial charge in [0.25, 0.3) is 0 Å². The highest BCUT2D eigenvalue weighted by molar-refractivity contribution is 5.87. The molecule has 0 unspecified atom stereocenters. The number of aromatic nitrogens is 2. The summed E-state index contributed by atoms with van der Waals surface area (Å²) in [6.45, 7) is 5.76. The van der Waals surface area contributed by atoms with Crippen LogP contribution in [0, 0.1) is 5.92 Å². The molecule has 0 bridgehead atoms. The molecule has 1 atom stereocenters. The van der Waals surface area contributed by atoms with Gasteiger partial charge in [0.1, 0.15) is 0 Å². The van der Waals surface area contributed by atoms with Crippen molar-refractivity contribution in [1.82, 2.24) is 19.8 Å². The Bertz CT molecular complexity index is 630. The fourth-order valence-electron chi connectivity index (χ4n) is 3.25. The van der Waals surface area contributed by atoms with Crippen molar-refractivity contribution >= 4 is 17.8 Å². The molecule has 2 amide bonds. The number of hydrogen-bond donors (Lipinski definition) is 0. The largest absolute Gasteiger partial charge is 0.478 e. The summed E-state index contributed by atoms with van der Waals surface area (Å²) >= 11 is 0. The van der Waals surface area contributed by atoms with E-state index >= 15 is 0 Å². The molecule has 2 aliphatic rings. The van der Waals surface area contributed by atoms with E-state index in [1.54, 1.807) is 24.2 Å². The molecule has 2 fully saturated rings. The van der Waals surface area contributed by atoms with E-state index in [-0.39, 0.29) is 17.7 Å². The van der Waals surface area contributed by atoms with Gasteiger partial charge in [0, 0.05) is 64.4 Å². The Kier molecular flexibility index (Phi) is 5.35. The summed E-state index contributed by atoms with van der Waals surface area (Å²) in [5, 5.41) is 0. The fourth-order valence-corrected chi connectivity index (χ4v) is 3.25. The number of carbonyl (C=O) groups is 2. The second kappa shape index (κ2) is 7.67. The van der Waals surface area contributed by atoms with Gasteiger partial charge in [-0.3, -0.25) is 9.59 Å². The van der Waals surface area contributed by atoms with Gasteiger partial charge in [0.05, 0.1) is 6.61 Å². The number of anilines is 1. The van der Waals surface area contributed by atoms with E-state index in [2.05, 4.69) is 14.9 Å². The van der Waals surface area contributed by atoms with Crippen LogP contribution in [-0.4, -0.2) is 78.0 Å². The lowest BCUT2D eigenvalue weighted by Crippen LogP contribution is -2.52. The van der Waals surface area contributed by atoms with Crippen LogP contribution < -0.4 is 9.64 Å². The number of ether oxygens (including phenoxy) is 1. The smallest absolute Gasteiger partial charge is 0.228 e. The van der Waals surface area contributed by atoms with E-state index in [1.165, 1.54) is 0 Å². The molecule has 0 N–H and O–H groups in total. The Labute approximate surface area is 147 Å². The monoisotopic (exact) mass is 347 g/mol. The maximum absolute atomic E-state index is 12.7. The van der Waals surface area contributed by atoms with Gasteiger partial charge in [-0.25, -0.2) is 4.98 Å². The zero-order chi connectivity index (χ0) is 17.8. The number of hydrogen-bond acceptors (Lipinski definition) is 6. The summed E-state index contributed by atoms with van der Waals surface area (Å²) in [5.74, 6) is 1.19. The second-order valence-corrected chi connectivity index (χ2v) is 6.45. The molecular weight excluding hydrogens is 322 g/mol. The van der Waals surface area contributed by atoms with Crippen LogP contribution in [0.3, 0.4) is 0 Å². The molecule has 8 heteroatoms. The average molecular weight is 347 g/mol. The molecule has 0 radical (unpaired) electrons. The van der Waals surface area contributed by atoms with E-state index in [9.17, 15) is 9.59 Å². The highest BCUT2D eigenvalue weighted by Gasteiger charge is 2.33. The van der Waals surface area contributed by atoms with Crippen molar-refractivity contribution in [3.05, 3.63) is 12.3 Å². The van der Waals surface area contributed by atoms with Crippen LogP contribution >= 0.6 is 0 Å². The predicted molar refractivity (Wildman–Crippen MR) is 92.4 cm³/mol. The molecule has 0 aromatic carbocycles. The lowest BCUT2D eigenvalue weighted by molar-refractivity contribution is -0.144. The van der Waals surface area contributed by atoms with E-state index < -0.39 is 0 Å². The van der Waals surface area contributed by atoms with Gasteiger partial charge in [-0.05, 0) is 13.3 Å².